The first kappa shape index (κ1) is 14.7. The first-order valence-corrected chi connectivity index (χ1v) is 6.44. The number of carbonyl (C=O) groups excluding carboxylic acids is 1. The van der Waals surface area contributed by atoms with E-state index in [1.54, 1.807) is 14.2 Å². The fourth-order valence-corrected chi connectivity index (χ4v) is 2.27. The molecule has 0 saturated carbocycles. The van der Waals surface area contributed by atoms with Gasteiger partial charge in [0.15, 0.2) is 5.60 Å². The van der Waals surface area contributed by atoms with Gasteiger partial charge in [-0.3, -0.25) is 4.79 Å². The maximum Gasteiger partial charge on any atom is 0.259 e. The summed E-state index contributed by atoms with van der Waals surface area (Å²) in [5.74, 6) is 0.171. The maximum atomic E-state index is 12.2. The lowest BCUT2D eigenvalue weighted by atomic mass is 10.00. The number of rotatable bonds is 4. The molecule has 110 valence electrons. The minimum atomic E-state index is -1.38. The van der Waals surface area contributed by atoms with E-state index in [0.717, 1.165) is 16.8 Å². The molecule has 1 aromatic rings. The van der Waals surface area contributed by atoms with Crippen LogP contribution in [0.4, 0.5) is 0 Å². The fraction of sp³-hybridized carbons (Fsp3) is 0.571. The van der Waals surface area contributed by atoms with E-state index in [4.69, 9.17) is 9.47 Å². The highest BCUT2D eigenvalue weighted by atomic mass is 16.5. The van der Waals surface area contributed by atoms with Crippen molar-refractivity contribution >= 4 is 5.91 Å². The van der Waals surface area contributed by atoms with Gasteiger partial charge in [0.1, 0.15) is 0 Å². The van der Waals surface area contributed by atoms with Crippen molar-refractivity contribution in [3.05, 3.63) is 22.9 Å². The van der Waals surface area contributed by atoms with Crippen molar-refractivity contribution in [1.29, 1.82) is 0 Å². The summed E-state index contributed by atoms with van der Waals surface area (Å²) in [6.07, 6.45) is 0. The van der Waals surface area contributed by atoms with E-state index < -0.39 is 5.60 Å². The number of likely N-dealkylation sites (N-methyl/N-ethyl adjacent to an activating group) is 1. The average molecular weight is 280 g/mol. The van der Waals surface area contributed by atoms with Crippen molar-refractivity contribution in [1.82, 2.24) is 9.88 Å². The summed E-state index contributed by atoms with van der Waals surface area (Å²) in [5, 5.41) is 10.0. The molecule has 6 nitrogen and oxygen atoms in total. The molecular formula is C14H20N2O4. The van der Waals surface area contributed by atoms with Crippen LogP contribution >= 0.6 is 0 Å². The number of carbonyl (C=O) groups is 1. The number of hydrogen-bond acceptors (Lipinski definition) is 5. The second kappa shape index (κ2) is 5.38. The van der Waals surface area contributed by atoms with Gasteiger partial charge in [-0.2, -0.15) is 0 Å². The highest BCUT2D eigenvalue weighted by Gasteiger charge is 2.45. The first-order valence-electron chi connectivity index (χ1n) is 6.44. The number of pyridine rings is 1. The molecule has 2 rings (SSSR count). The third-order valence-corrected chi connectivity index (χ3v) is 3.45. The maximum absolute atomic E-state index is 12.2. The van der Waals surface area contributed by atoms with Gasteiger partial charge in [-0.05, 0) is 25.5 Å². The Morgan fingerprint density at radius 2 is 2.20 bits per heavy atom. The molecule has 1 amide bonds. The second-order valence-electron chi connectivity index (χ2n) is 5.25. The monoisotopic (exact) mass is 280 g/mol. The highest BCUT2D eigenvalue weighted by molar-refractivity contribution is 5.86. The van der Waals surface area contributed by atoms with E-state index >= 15 is 0 Å². The van der Waals surface area contributed by atoms with Crippen molar-refractivity contribution in [2.75, 3.05) is 27.4 Å². The van der Waals surface area contributed by atoms with Crippen LogP contribution in [-0.4, -0.2) is 53.9 Å². The summed E-state index contributed by atoms with van der Waals surface area (Å²) in [6, 6.07) is 1.94. The number of aryl methyl sites for hydroxylation is 2. The molecule has 6 heteroatoms. The molecule has 1 aliphatic rings. The number of nitrogens with zero attached hydrogens (tertiary/aromatic N) is 2. The number of ether oxygens (including phenoxy) is 2. The lowest BCUT2D eigenvalue weighted by molar-refractivity contribution is -0.199. The Labute approximate surface area is 118 Å². The molecular weight excluding hydrogens is 260 g/mol. The van der Waals surface area contributed by atoms with Gasteiger partial charge >= 0.3 is 0 Å². The Bertz CT molecular complexity index is 526. The molecule has 0 aliphatic carbocycles. The topological polar surface area (TPSA) is 71.9 Å². The van der Waals surface area contributed by atoms with E-state index in [2.05, 4.69) is 4.98 Å². The lowest BCUT2D eigenvalue weighted by Gasteiger charge is -2.37. The minimum Gasteiger partial charge on any atom is -0.481 e. The van der Waals surface area contributed by atoms with Crippen molar-refractivity contribution in [3.63, 3.8) is 0 Å². The van der Waals surface area contributed by atoms with Crippen molar-refractivity contribution < 1.29 is 19.4 Å². The molecule has 2 heterocycles. The van der Waals surface area contributed by atoms with Gasteiger partial charge < -0.3 is 19.5 Å². The molecule has 0 aromatic carbocycles. The van der Waals surface area contributed by atoms with E-state index in [-0.39, 0.29) is 19.1 Å². The van der Waals surface area contributed by atoms with E-state index in [0.29, 0.717) is 12.4 Å². The van der Waals surface area contributed by atoms with E-state index in [1.807, 2.05) is 19.9 Å². The Morgan fingerprint density at radius 3 is 2.70 bits per heavy atom. The zero-order valence-corrected chi connectivity index (χ0v) is 12.3. The average Bonchev–Trinajstić information content (AvgIpc) is 2.37. The highest BCUT2D eigenvalue weighted by Crippen LogP contribution is 2.25. The van der Waals surface area contributed by atoms with Gasteiger partial charge in [-0.15, -0.1) is 0 Å². The van der Waals surface area contributed by atoms with E-state index in [9.17, 15) is 9.90 Å². The predicted molar refractivity (Wildman–Crippen MR) is 72.5 cm³/mol. The van der Waals surface area contributed by atoms with Gasteiger partial charge in [0, 0.05) is 18.3 Å². The van der Waals surface area contributed by atoms with Crippen molar-refractivity contribution in [2.24, 2.45) is 0 Å². The van der Waals surface area contributed by atoms with Crippen molar-refractivity contribution in [2.45, 2.75) is 26.0 Å². The van der Waals surface area contributed by atoms with Crippen LogP contribution in [0.5, 0.6) is 5.88 Å². The molecule has 1 aromatic heterocycles. The molecule has 0 unspecified atom stereocenters. The van der Waals surface area contributed by atoms with Crippen LogP contribution in [0.1, 0.15) is 16.8 Å². The van der Waals surface area contributed by atoms with Gasteiger partial charge in [-0.25, -0.2) is 4.98 Å². The van der Waals surface area contributed by atoms with Crippen LogP contribution < -0.4 is 4.74 Å². The number of amides is 1. The summed E-state index contributed by atoms with van der Waals surface area (Å²) in [7, 11) is 3.21. The van der Waals surface area contributed by atoms with Crippen LogP contribution in [0.3, 0.4) is 0 Å². The largest absolute Gasteiger partial charge is 0.481 e. The number of aliphatic hydroxyl groups is 1. The zero-order chi connectivity index (χ0) is 14.9. The number of hydrogen-bond donors (Lipinski definition) is 1. The van der Waals surface area contributed by atoms with Gasteiger partial charge in [0.25, 0.3) is 5.91 Å². The molecule has 0 spiro atoms. The second-order valence-corrected chi connectivity index (χ2v) is 5.25. The molecule has 1 saturated heterocycles. The molecule has 0 radical (unpaired) electrons. The van der Waals surface area contributed by atoms with Crippen LogP contribution in [0.2, 0.25) is 0 Å². The van der Waals surface area contributed by atoms with Crippen LogP contribution in [0, 0.1) is 13.8 Å². The predicted octanol–water partition coefficient (Wildman–Crippen LogP) is 0.427. The fourth-order valence-electron chi connectivity index (χ4n) is 2.27. The minimum absolute atomic E-state index is 0.0540. The summed E-state index contributed by atoms with van der Waals surface area (Å²) in [4.78, 5) is 18.0. The van der Waals surface area contributed by atoms with E-state index in [1.165, 1.54) is 4.90 Å². The summed E-state index contributed by atoms with van der Waals surface area (Å²) in [5.41, 5.74) is 1.33. The van der Waals surface area contributed by atoms with Crippen LogP contribution in [-0.2, 0) is 16.1 Å². The summed E-state index contributed by atoms with van der Waals surface area (Å²) in [6.45, 7) is 4.29. The van der Waals surface area contributed by atoms with Crippen LogP contribution in [0.25, 0.3) is 0 Å². The molecule has 0 bridgehead atoms. The molecule has 0 atom stereocenters. The molecule has 1 fully saturated rings. The Morgan fingerprint density at radius 1 is 1.55 bits per heavy atom. The lowest BCUT2D eigenvalue weighted by Crippen LogP contribution is -2.60. The molecule has 20 heavy (non-hydrogen) atoms. The Kier molecular flexibility index (Phi) is 3.96. The summed E-state index contributed by atoms with van der Waals surface area (Å²) < 4.78 is 10.2. The normalized spacial score (nSPS) is 16.4. The molecule has 1 aliphatic heterocycles. The number of aromatic nitrogens is 1. The molecule has 1 N–H and O–H groups in total. The van der Waals surface area contributed by atoms with Crippen molar-refractivity contribution in [3.8, 4) is 5.88 Å². The smallest absolute Gasteiger partial charge is 0.259 e. The third-order valence-electron chi connectivity index (χ3n) is 3.45. The van der Waals surface area contributed by atoms with Gasteiger partial charge in [0.05, 0.1) is 26.9 Å². The first-order chi connectivity index (χ1) is 9.37. The van der Waals surface area contributed by atoms with Gasteiger partial charge in [-0.1, -0.05) is 0 Å². The Balaban J connectivity index is 2.19. The quantitative estimate of drug-likeness (QED) is 0.866. The standard InChI is InChI=1S/C14H20N2O4/c1-9-5-10(2)15-12(19-4)11(9)6-16(3)13(17)14(18)7-20-8-14/h5,18H,6-8H2,1-4H3. The summed E-state index contributed by atoms with van der Waals surface area (Å²) >= 11 is 0. The number of methoxy groups -OCH3 is 1. The zero-order valence-electron chi connectivity index (χ0n) is 12.3. The SMILES string of the molecule is COc1nc(C)cc(C)c1CN(C)C(=O)C1(O)COC1. The van der Waals surface area contributed by atoms with Gasteiger partial charge in [0.2, 0.25) is 5.88 Å². The van der Waals surface area contributed by atoms with Crippen LogP contribution in [0.15, 0.2) is 6.07 Å². The Hall–Kier alpha value is -1.66. The third kappa shape index (κ3) is 2.62.